The van der Waals surface area contributed by atoms with Crippen LogP contribution in [0.3, 0.4) is 0 Å². The molecule has 3 heterocycles. The molecule has 0 radical (unpaired) electrons. The molecule has 2 saturated heterocycles. The van der Waals surface area contributed by atoms with E-state index in [1.807, 2.05) is 13.0 Å². The Balaban J connectivity index is 1.65. The monoisotopic (exact) mass is 348 g/mol. The smallest absolute Gasteiger partial charge is 0.319 e. The molecule has 2 amide bonds. The van der Waals surface area contributed by atoms with Crippen molar-refractivity contribution in [1.82, 2.24) is 10.3 Å². The summed E-state index contributed by atoms with van der Waals surface area (Å²) in [6.45, 7) is 6.03. The number of aromatic nitrogens is 1. The molecule has 7 heteroatoms. The molecule has 2 atom stereocenters. The Kier molecular flexibility index (Phi) is 5.44. The quantitative estimate of drug-likeness (QED) is 0.775. The summed E-state index contributed by atoms with van der Waals surface area (Å²) in [6, 6.07) is 2.09. The van der Waals surface area contributed by atoms with Crippen LogP contribution in [0.25, 0.3) is 0 Å². The van der Waals surface area contributed by atoms with Gasteiger partial charge in [0, 0.05) is 19.2 Å². The molecule has 0 unspecified atom stereocenters. The summed E-state index contributed by atoms with van der Waals surface area (Å²) in [6.07, 6.45) is 5.96. The van der Waals surface area contributed by atoms with Crippen molar-refractivity contribution in [2.75, 3.05) is 36.6 Å². The van der Waals surface area contributed by atoms with Gasteiger partial charge in [-0.05, 0) is 51.2 Å². The van der Waals surface area contributed by atoms with E-state index in [1.54, 1.807) is 6.20 Å². The first-order valence-corrected chi connectivity index (χ1v) is 9.04. The zero-order valence-electron chi connectivity index (χ0n) is 15.0. The van der Waals surface area contributed by atoms with Crippen molar-refractivity contribution in [2.24, 2.45) is 0 Å². The maximum absolute atomic E-state index is 12.3. The Morgan fingerprint density at radius 2 is 2.36 bits per heavy atom. The number of ether oxygens (including phenoxy) is 1. The average molecular weight is 348 g/mol. The first kappa shape index (κ1) is 17.9. The molecule has 0 aliphatic carbocycles. The number of rotatable bonds is 4. The molecule has 3 N–H and O–H groups in total. The number of hydrogen-bond acceptors (Lipinski definition) is 5. The van der Waals surface area contributed by atoms with Crippen molar-refractivity contribution < 1.29 is 14.6 Å². The van der Waals surface area contributed by atoms with Gasteiger partial charge in [0.15, 0.2) is 0 Å². The molecular weight excluding hydrogens is 320 g/mol. The number of urea groups is 1. The number of piperidine rings is 1. The largest absolute Gasteiger partial charge is 0.394 e. The van der Waals surface area contributed by atoms with Crippen molar-refractivity contribution in [1.29, 1.82) is 0 Å². The molecule has 2 fully saturated rings. The average Bonchev–Trinajstić information content (AvgIpc) is 3.05. The lowest BCUT2D eigenvalue weighted by Crippen LogP contribution is -2.53. The van der Waals surface area contributed by atoms with E-state index in [1.165, 1.54) is 19.3 Å². The van der Waals surface area contributed by atoms with Gasteiger partial charge in [0.25, 0.3) is 0 Å². The van der Waals surface area contributed by atoms with Crippen molar-refractivity contribution in [3.8, 4) is 0 Å². The second-order valence-corrected chi connectivity index (χ2v) is 7.22. The van der Waals surface area contributed by atoms with Crippen LogP contribution in [0.15, 0.2) is 12.3 Å². The van der Waals surface area contributed by atoms with Crippen LogP contribution in [-0.4, -0.2) is 54.1 Å². The van der Waals surface area contributed by atoms with Gasteiger partial charge < -0.3 is 25.4 Å². The standard InChI is InChI=1S/C18H28N4O3/c1-13-9-15(10-19-16(13)22-7-4-3-5-14(22)2)20-17(24)21-18(11-23)6-8-25-12-18/h9-10,14,23H,3-8,11-12H2,1-2H3,(H2,20,21,24)/t14-,18+/m1/s1. The van der Waals surface area contributed by atoms with Crippen molar-refractivity contribution >= 4 is 17.5 Å². The summed E-state index contributed by atoms with van der Waals surface area (Å²) in [4.78, 5) is 19.2. The molecular formula is C18H28N4O3. The van der Waals surface area contributed by atoms with Crippen LogP contribution in [0.2, 0.25) is 0 Å². The minimum Gasteiger partial charge on any atom is -0.394 e. The van der Waals surface area contributed by atoms with Gasteiger partial charge in [-0.1, -0.05) is 0 Å². The van der Waals surface area contributed by atoms with E-state index < -0.39 is 5.54 Å². The molecule has 25 heavy (non-hydrogen) atoms. The van der Waals surface area contributed by atoms with Crippen LogP contribution >= 0.6 is 0 Å². The van der Waals surface area contributed by atoms with E-state index >= 15 is 0 Å². The maximum Gasteiger partial charge on any atom is 0.319 e. The fraction of sp³-hybridized carbons (Fsp3) is 0.667. The number of hydrogen-bond donors (Lipinski definition) is 3. The van der Waals surface area contributed by atoms with Crippen LogP contribution in [0.5, 0.6) is 0 Å². The molecule has 0 saturated carbocycles. The van der Waals surface area contributed by atoms with Crippen LogP contribution < -0.4 is 15.5 Å². The van der Waals surface area contributed by atoms with Gasteiger partial charge in [0.1, 0.15) is 5.82 Å². The lowest BCUT2D eigenvalue weighted by Gasteiger charge is -2.35. The third-order valence-electron chi connectivity index (χ3n) is 5.17. The minimum absolute atomic E-state index is 0.135. The Morgan fingerprint density at radius 1 is 1.52 bits per heavy atom. The summed E-state index contributed by atoms with van der Waals surface area (Å²) < 4.78 is 5.29. The highest BCUT2D eigenvalue weighted by atomic mass is 16.5. The summed E-state index contributed by atoms with van der Waals surface area (Å²) in [5.74, 6) is 0.995. The first-order valence-electron chi connectivity index (χ1n) is 9.04. The van der Waals surface area contributed by atoms with Crippen molar-refractivity contribution in [3.05, 3.63) is 17.8 Å². The van der Waals surface area contributed by atoms with Crippen LogP contribution in [0.1, 0.15) is 38.2 Å². The van der Waals surface area contributed by atoms with Crippen LogP contribution in [0.4, 0.5) is 16.3 Å². The third kappa shape index (κ3) is 4.04. The van der Waals surface area contributed by atoms with Gasteiger partial charge in [0.05, 0.1) is 30.6 Å². The highest BCUT2D eigenvalue weighted by molar-refractivity contribution is 5.90. The molecule has 3 rings (SSSR count). The lowest BCUT2D eigenvalue weighted by atomic mass is 10.0. The van der Waals surface area contributed by atoms with E-state index in [2.05, 4.69) is 27.4 Å². The zero-order chi connectivity index (χ0) is 17.9. The number of carbonyl (C=O) groups is 1. The van der Waals surface area contributed by atoms with Gasteiger partial charge in [-0.15, -0.1) is 0 Å². The molecule has 0 spiro atoms. The number of aliphatic hydroxyl groups is 1. The normalized spacial score (nSPS) is 26.5. The third-order valence-corrected chi connectivity index (χ3v) is 5.17. The molecule has 2 aliphatic rings. The molecule has 138 valence electrons. The second kappa shape index (κ2) is 7.58. The van der Waals surface area contributed by atoms with E-state index in [9.17, 15) is 9.90 Å². The van der Waals surface area contributed by atoms with Crippen LogP contribution in [0, 0.1) is 6.92 Å². The molecule has 1 aromatic heterocycles. The van der Waals surface area contributed by atoms with Crippen molar-refractivity contribution in [2.45, 2.75) is 51.1 Å². The number of pyridine rings is 1. The molecule has 0 aromatic carbocycles. The maximum atomic E-state index is 12.3. The number of amides is 2. The highest BCUT2D eigenvalue weighted by Crippen LogP contribution is 2.27. The molecule has 7 nitrogen and oxygen atoms in total. The predicted octanol–water partition coefficient (Wildman–Crippen LogP) is 2.04. The highest BCUT2D eigenvalue weighted by Gasteiger charge is 2.35. The number of nitrogens with one attached hydrogen (secondary N) is 2. The molecule has 0 bridgehead atoms. The molecule has 2 aliphatic heterocycles. The predicted molar refractivity (Wildman–Crippen MR) is 97.0 cm³/mol. The fourth-order valence-corrected chi connectivity index (χ4v) is 3.62. The Labute approximate surface area is 148 Å². The van der Waals surface area contributed by atoms with Gasteiger partial charge >= 0.3 is 6.03 Å². The first-order chi connectivity index (χ1) is 12.0. The van der Waals surface area contributed by atoms with Crippen molar-refractivity contribution in [3.63, 3.8) is 0 Å². The summed E-state index contributed by atoms with van der Waals surface area (Å²) in [5.41, 5.74) is 1.01. The number of aliphatic hydroxyl groups excluding tert-OH is 1. The number of aryl methyl sites for hydroxylation is 1. The van der Waals surface area contributed by atoms with Gasteiger partial charge in [-0.3, -0.25) is 0 Å². The van der Waals surface area contributed by atoms with Crippen LogP contribution in [-0.2, 0) is 4.74 Å². The second-order valence-electron chi connectivity index (χ2n) is 7.22. The fourth-order valence-electron chi connectivity index (χ4n) is 3.62. The number of anilines is 2. The Morgan fingerprint density at radius 3 is 3.00 bits per heavy atom. The van der Waals surface area contributed by atoms with Gasteiger partial charge in [-0.2, -0.15) is 0 Å². The topological polar surface area (TPSA) is 86.7 Å². The number of carbonyl (C=O) groups excluding carboxylic acids is 1. The van der Waals surface area contributed by atoms with E-state index in [-0.39, 0.29) is 12.6 Å². The number of nitrogens with zero attached hydrogens (tertiary/aromatic N) is 2. The molecule has 1 aromatic rings. The Bertz CT molecular complexity index is 616. The van der Waals surface area contributed by atoms with Gasteiger partial charge in [-0.25, -0.2) is 9.78 Å². The Hall–Kier alpha value is -1.86. The van der Waals surface area contributed by atoms with E-state index in [0.717, 1.165) is 17.9 Å². The summed E-state index contributed by atoms with van der Waals surface area (Å²) in [5, 5.41) is 15.2. The van der Waals surface area contributed by atoms with Gasteiger partial charge in [0.2, 0.25) is 0 Å². The zero-order valence-corrected chi connectivity index (χ0v) is 15.0. The lowest BCUT2D eigenvalue weighted by molar-refractivity contribution is 0.126. The van der Waals surface area contributed by atoms with E-state index in [4.69, 9.17) is 4.74 Å². The summed E-state index contributed by atoms with van der Waals surface area (Å²) >= 11 is 0. The summed E-state index contributed by atoms with van der Waals surface area (Å²) in [7, 11) is 0. The SMILES string of the molecule is Cc1cc(NC(=O)N[C@]2(CO)CCOC2)cnc1N1CCCC[C@H]1C. The minimum atomic E-state index is -0.685. The van der Waals surface area contributed by atoms with E-state index in [0.29, 0.717) is 31.4 Å².